The molecule has 0 heterocycles. The summed E-state index contributed by atoms with van der Waals surface area (Å²) in [7, 11) is 0. The van der Waals surface area contributed by atoms with Crippen LogP contribution in [0, 0.1) is 6.92 Å². The summed E-state index contributed by atoms with van der Waals surface area (Å²) in [4.78, 5) is 14.1. The second-order valence-electron chi connectivity index (χ2n) is 5.76. The van der Waals surface area contributed by atoms with Gasteiger partial charge in [0.1, 0.15) is 5.75 Å². The molecule has 2 aromatic rings. The van der Waals surface area contributed by atoms with Gasteiger partial charge in [0.05, 0.1) is 6.21 Å². The third-order valence-corrected chi connectivity index (χ3v) is 4.35. The fourth-order valence-corrected chi connectivity index (χ4v) is 2.54. The van der Waals surface area contributed by atoms with E-state index in [0.717, 1.165) is 24.2 Å². The third-order valence-electron chi connectivity index (χ3n) is 3.92. The summed E-state index contributed by atoms with van der Waals surface area (Å²) < 4.78 is 5.42. The molecular weight excluding hydrogens is 350 g/mol. The van der Waals surface area contributed by atoms with Crippen LogP contribution < -0.4 is 15.1 Å². The molecule has 0 aliphatic carbocycles. The number of anilines is 1. The molecule has 0 fully saturated rings. The number of rotatable bonds is 8. The van der Waals surface area contributed by atoms with Gasteiger partial charge in [-0.3, -0.25) is 4.79 Å². The molecule has 1 N–H and O–H groups in total. The lowest BCUT2D eigenvalue weighted by Gasteiger charge is -2.20. The fraction of sp³-hybridized carbons (Fsp3) is 0.300. The number of carbonyl (C=O) groups is 1. The fourth-order valence-electron chi connectivity index (χ4n) is 2.43. The number of hydrazone groups is 1. The molecule has 1 amide bonds. The Labute approximate surface area is 159 Å². The lowest BCUT2D eigenvalue weighted by molar-refractivity contribution is -0.123. The van der Waals surface area contributed by atoms with Crippen molar-refractivity contribution in [1.29, 1.82) is 0 Å². The van der Waals surface area contributed by atoms with Gasteiger partial charge in [-0.2, -0.15) is 5.10 Å². The third kappa shape index (κ3) is 5.77. The zero-order chi connectivity index (χ0) is 18.9. The number of aryl methyl sites for hydroxylation is 1. The molecule has 0 aliphatic heterocycles. The normalized spacial score (nSPS) is 10.8. The molecule has 0 radical (unpaired) electrons. The van der Waals surface area contributed by atoms with E-state index in [-0.39, 0.29) is 12.5 Å². The van der Waals surface area contributed by atoms with Crippen LogP contribution in [0.3, 0.4) is 0 Å². The smallest absolute Gasteiger partial charge is 0.277 e. The summed E-state index contributed by atoms with van der Waals surface area (Å²) in [6, 6.07) is 13.3. The van der Waals surface area contributed by atoms with Gasteiger partial charge in [-0.1, -0.05) is 23.7 Å². The van der Waals surface area contributed by atoms with Crippen molar-refractivity contribution in [3.8, 4) is 5.75 Å². The van der Waals surface area contributed by atoms with Gasteiger partial charge in [0.2, 0.25) is 0 Å². The molecule has 0 saturated carbocycles. The van der Waals surface area contributed by atoms with E-state index in [1.54, 1.807) is 24.4 Å². The molecule has 138 valence electrons. The second kappa shape index (κ2) is 9.82. The number of carbonyl (C=O) groups excluding carboxylic acids is 1. The number of halogens is 1. The Morgan fingerprint density at radius 1 is 1.19 bits per heavy atom. The lowest BCUT2D eigenvalue weighted by atomic mass is 10.2. The first kappa shape index (κ1) is 19.8. The molecule has 0 aliphatic rings. The Morgan fingerprint density at radius 3 is 2.50 bits per heavy atom. The summed E-state index contributed by atoms with van der Waals surface area (Å²) in [6.07, 6.45) is 1.61. The van der Waals surface area contributed by atoms with Crippen molar-refractivity contribution >= 4 is 29.4 Å². The summed E-state index contributed by atoms with van der Waals surface area (Å²) >= 11 is 5.96. The number of benzene rings is 2. The minimum absolute atomic E-state index is 0.112. The molecule has 5 nitrogen and oxygen atoms in total. The lowest BCUT2D eigenvalue weighted by Crippen LogP contribution is -2.24. The van der Waals surface area contributed by atoms with Gasteiger partial charge in [-0.05, 0) is 62.2 Å². The van der Waals surface area contributed by atoms with Crippen LogP contribution >= 0.6 is 11.6 Å². The van der Waals surface area contributed by atoms with E-state index in [1.807, 2.05) is 31.2 Å². The highest BCUT2D eigenvalue weighted by atomic mass is 35.5. The van der Waals surface area contributed by atoms with Crippen LogP contribution in [0.2, 0.25) is 5.02 Å². The molecule has 6 heteroatoms. The van der Waals surface area contributed by atoms with Crippen molar-refractivity contribution in [2.75, 3.05) is 24.6 Å². The van der Waals surface area contributed by atoms with E-state index in [4.69, 9.17) is 16.3 Å². The van der Waals surface area contributed by atoms with Gasteiger partial charge in [0, 0.05) is 23.8 Å². The maximum atomic E-state index is 11.8. The number of nitrogens with one attached hydrogen (secondary N) is 1. The summed E-state index contributed by atoms with van der Waals surface area (Å²) in [5, 5.41) is 4.63. The van der Waals surface area contributed by atoms with E-state index in [2.05, 4.69) is 29.3 Å². The Balaban J connectivity index is 1.81. The van der Waals surface area contributed by atoms with E-state index in [9.17, 15) is 4.79 Å². The van der Waals surface area contributed by atoms with Crippen molar-refractivity contribution in [3.05, 3.63) is 58.6 Å². The van der Waals surface area contributed by atoms with Gasteiger partial charge in [0.25, 0.3) is 5.91 Å². The van der Waals surface area contributed by atoms with Gasteiger partial charge in [0.15, 0.2) is 6.61 Å². The van der Waals surface area contributed by atoms with Gasteiger partial charge in [-0.15, -0.1) is 0 Å². The highest BCUT2D eigenvalue weighted by Crippen LogP contribution is 2.20. The molecule has 0 unspecified atom stereocenters. The molecule has 0 bridgehead atoms. The van der Waals surface area contributed by atoms with E-state index < -0.39 is 0 Å². The van der Waals surface area contributed by atoms with Crippen LogP contribution in [0.15, 0.2) is 47.6 Å². The zero-order valence-electron chi connectivity index (χ0n) is 15.3. The van der Waals surface area contributed by atoms with Crippen LogP contribution in [-0.4, -0.2) is 31.8 Å². The van der Waals surface area contributed by atoms with Crippen molar-refractivity contribution < 1.29 is 9.53 Å². The summed E-state index contributed by atoms with van der Waals surface area (Å²) in [5.41, 5.74) is 5.44. The van der Waals surface area contributed by atoms with Crippen molar-refractivity contribution in [2.24, 2.45) is 5.10 Å². The topological polar surface area (TPSA) is 53.9 Å². The largest absolute Gasteiger partial charge is 0.484 e. The second-order valence-corrected chi connectivity index (χ2v) is 6.16. The number of nitrogens with zero attached hydrogens (tertiary/aromatic N) is 2. The van der Waals surface area contributed by atoms with Crippen LogP contribution in [0.1, 0.15) is 25.0 Å². The molecule has 0 aromatic heterocycles. The first-order chi connectivity index (χ1) is 12.5. The Morgan fingerprint density at radius 2 is 1.88 bits per heavy atom. The van der Waals surface area contributed by atoms with Crippen LogP contribution in [-0.2, 0) is 4.79 Å². The number of hydrogen-bond donors (Lipinski definition) is 1. The number of amides is 1. The van der Waals surface area contributed by atoms with Crippen molar-refractivity contribution in [3.63, 3.8) is 0 Å². The van der Waals surface area contributed by atoms with Crippen LogP contribution in [0.4, 0.5) is 5.69 Å². The van der Waals surface area contributed by atoms with E-state index in [0.29, 0.717) is 10.8 Å². The first-order valence-corrected chi connectivity index (χ1v) is 8.97. The quantitative estimate of drug-likeness (QED) is 0.561. The van der Waals surface area contributed by atoms with Crippen LogP contribution in [0.25, 0.3) is 0 Å². The predicted octanol–water partition coefficient (Wildman–Crippen LogP) is 4.02. The zero-order valence-corrected chi connectivity index (χ0v) is 16.1. The Bertz CT molecular complexity index is 756. The Kier molecular flexibility index (Phi) is 7.48. The molecule has 26 heavy (non-hydrogen) atoms. The minimum Gasteiger partial charge on any atom is -0.484 e. The Hall–Kier alpha value is -2.53. The van der Waals surface area contributed by atoms with Gasteiger partial charge >= 0.3 is 0 Å². The number of hydrogen-bond acceptors (Lipinski definition) is 4. The monoisotopic (exact) mass is 373 g/mol. The molecular formula is C20H24ClN3O2. The standard InChI is InChI=1S/C20H24ClN3O2/c1-4-24(5-2)17-8-6-16(7-9-17)13-22-23-20(25)14-26-18-10-11-19(21)15(3)12-18/h6-13H,4-5,14H2,1-3H3,(H,23,25)/b22-13+. The highest BCUT2D eigenvalue weighted by molar-refractivity contribution is 6.31. The van der Waals surface area contributed by atoms with Gasteiger partial charge in [-0.25, -0.2) is 5.43 Å². The number of ether oxygens (including phenoxy) is 1. The summed E-state index contributed by atoms with van der Waals surface area (Å²) in [5.74, 6) is 0.270. The van der Waals surface area contributed by atoms with Crippen molar-refractivity contribution in [1.82, 2.24) is 5.43 Å². The predicted molar refractivity (Wildman–Crippen MR) is 107 cm³/mol. The average Bonchev–Trinajstić information content (AvgIpc) is 2.65. The molecule has 2 aromatic carbocycles. The SMILES string of the molecule is CCN(CC)c1ccc(/C=N/NC(=O)COc2ccc(Cl)c(C)c2)cc1. The van der Waals surface area contributed by atoms with Crippen molar-refractivity contribution in [2.45, 2.75) is 20.8 Å². The van der Waals surface area contributed by atoms with E-state index in [1.165, 1.54) is 5.69 Å². The van der Waals surface area contributed by atoms with E-state index >= 15 is 0 Å². The average molecular weight is 374 g/mol. The first-order valence-electron chi connectivity index (χ1n) is 8.59. The minimum atomic E-state index is -0.325. The maximum Gasteiger partial charge on any atom is 0.277 e. The molecule has 0 spiro atoms. The highest BCUT2D eigenvalue weighted by Gasteiger charge is 2.03. The van der Waals surface area contributed by atoms with Crippen LogP contribution in [0.5, 0.6) is 5.75 Å². The molecule has 0 saturated heterocycles. The molecule has 0 atom stereocenters. The van der Waals surface area contributed by atoms with Gasteiger partial charge < -0.3 is 9.64 Å². The molecule has 2 rings (SSSR count). The summed E-state index contributed by atoms with van der Waals surface area (Å²) in [6.45, 7) is 7.95. The maximum absolute atomic E-state index is 11.8.